The Balaban J connectivity index is 1.49. The molecule has 6 aromatic rings. The molecule has 0 aliphatic carbocycles. The summed E-state index contributed by atoms with van der Waals surface area (Å²) in [5.74, 6) is -5.46. The minimum atomic E-state index is -4.87. The van der Waals surface area contributed by atoms with Crippen LogP contribution in [-0.2, 0) is 24.8 Å². The van der Waals surface area contributed by atoms with Crippen LogP contribution in [0.3, 0.4) is 0 Å². The van der Waals surface area contributed by atoms with Gasteiger partial charge in [-0.3, -0.25) is 13.4 Å². The normalized spacial score (nSPS) is 16.7. The van der Waals surface area contributed by atoms with Crippen molar-refractivity contribution in [1.29, 1.82) is 0 Å². The SMILES string of the molecule is O=C(O)C(C1c2cc(F)ccc2-c2ccccc2N1S(=O)(=O)c1ccc(Cl)c(Cl)c1)C1c2cc(F)ccc2-c2ccccc2N1S(=O)(=O)c1ccc(Cl)c(Cl)c1. The Morgan fingerprint density at radius 2 is 0.929 bits per heavy atom. The third kappa shape index (κ3) is 6.10. The lowest BCUT2D eigenvalue weighted by atomic mass is 9.76. The summed E-state index contributed by atoms with van der Waals surface area (Å²) in [7, 11) is -9.74. The van der Waals surface area contributed by atoms with Crippen molar-refractivity contribution >= 4 is 83.8 Å². The second-order valence-electron chi connectivity index (χ2n) is 13.0. The van der Waals surface area contributed by atoms with Crippen LogP contribution in [0.15, 0.2) is 131 Å². The molecule has 0 bridgehead atoms. The molecular weight excluding hydrogens is 848 g/mol. The molecule has 2 atom stereocenters. The molecule has 0 fully saturated rings. The molecule has 1 N–H and O–H groups in total. The smallest absolute Gasteiger partial charge is 0.311 e. The Hall–Kier alpha value is -4.69. The molecular formula is C40H24Cl4F2N2O6S2. The number of aliphatic carboxylic acids is 1. The van der Waals surface area contributed by atoms with Gasteiger partial charge in [-0.25, -0.2) is 25.6 Å². The lowest BCUT2D eigenvalue weighted by Gasteiger charge is -2.47. The van der Waals surface area contributed by atoms with Gasteiger partial charge in [0.05, 0.1) is 53.3 Å². The second kappa shape index (κ2) is 14.0. The molecule has 0 spiro atoms. The van der Waals surface area contributed by atoms with Crippen molar-refractivity contribution in [3.8, 4) is 22.3 Å². The van der Waals surface area contributed by atoms with E-state index in [-0.39, 0.29) is 53.7 Å². The van der Waals surface area contributed by atoms with Crippen molar-refractivity contribution in [2.45, 2.75) is 21.9 Å². The maximum Gasteiger partial charge on any atom is 0.311 e. The van der Waals surface area contributed by atoms with Crippen molar-refractivity contribution in [2.24, 2.45) is 5.92 Å². The molecule has 0 aromatic heterocycles. The minimum absolute atomic E-state index is 0.00324. The van der Waals surface area contributed by atoms with Crippen LogP contribution < -0.4 is 8.61 Å². The number of hydrogen-bond donors (Lipinski definition) is 1. The number of halogens is 6. The number of hydrogen-bond acceptors (Lipinski definition) is 5. The van der Waals surface area contributed by atoms with Crippen molar-refractivity contribution in [3.05, 3.63) is 164 Å². The molecule has 2 heterocycles. The van der Waals surface area contributed by atoms with Gasteiger partial charge in [0.15, 0.2) is 0 Å². The topological polar surface area (TPSA) is 112 Å². The van der Waals surface area contributed by atoms with Crippen LogP contribution in [0.5, 0.6) is 0 Å². The first-order valence-electron chi connectivity index (χ1n) is 16.6. The van der Waals surface area contributed by atoms with Crippen molar-refractivity contribution in [1.82, 2.24) is 0 Å². The Kier molecular flexibility index (Phi) is 9.58. The largest absolute Gasteiger partial charge is 0.481 e. The molecule has 2 aliphatic rings. The molecule has 56 heavy (non-hydrogen) atoms. The number of benzene rings is 6. The standard InChI is InChI=1S/C40H24Cl4F2N2O6S2/c41-31-15-11-23(19-33(31)43)55(51,52)47-35-7-3-1-5-27(35)25-13-9-21(45)17-29(25)38(47)37(40(49)50)39-30-18-22(46)10-14-26(30)28-6-2-4-8-36(28)48(39)56(53,54)24-12-16-32(42)34(44)20-24/h1-20,37-39H,(H,49,50). The number of sulfonamides is 2. The molecule has 6 aromatic carbocycles. The van der Waals surface area contributed by atoms with E-state index < -0.39 is 65.4 Å². The fourth-order valence-corrected chi connectivity index (χ4v) is 11.7. The molecule has 0 saturated heterocycles. The van der Waals surface area contributed by atoms with E-state index >= 15 is 25.6 Å². The summed E-state index contributed by atoms with van der Waals surface area (Å²) in [6.45, 7) is 0. The van der Waals surface area contributed by atoms with Crippen molar-refractivity contribution in [3.63, 3.8) is 0 Å². The van der Waals surface area contributed by atoms with Crippen LogP contribution >= 0.6 is 46.4 Å². The molecule has 2 aliphatic heterocycles. The average molecular weight is 873 g/mol. The number of anilines is 2. The Morgan fingerprint density at radius 1 is 0.536 bits per heavy atom. The van der Waals surface area contributed by atoms with Crippen LogP contribution in [0.1, 0.15) is 23.2 Å². The first-order valence-corrected chi connectivity index (χ1v) is 21.0. The fraction of sp³-hybridized carbons (Fsp3) is 0.0750. The summed E-state index contributed by atoms with van der Waals surface area (Å²) in [6.07, 6.45) is 0. The molecule has 0 radical (unpaired) electrons. The maximum atomic E-state index is 15.5. The Bertz CT molecular complexity index is 2680. The van der Waals surface area contributed by atoms with E-state index in [0.717, 1.165) is 45.0 Å². The van der Waals surface area contributed by atoms with E-state index in [0.29, 0.717) is 11.1 Å². The third-order valence-corrected chi connectivity index (χ3v) is 15.0. The lowest BCUT2D eigenvalue weighted by Crippen LogP contribution is -2.50. The number of carbonyl (C=O) groups is 1. The summed E-state index contributed by atoms with van der Waals surface area (Å²) < 4.78 is 93.2. The first-order chi connectivity index (χ1) is 26.6. The van der Waals surface area contributed by atoms with Crippen LogP contribution in [0.4, 0.5) is 20.2 Å². The van der Waals surface area contributed by atoms with Gasteiger partial charge in [-0.15, -0.1) is 0 Å². The van der Waals surface area contributed by atoms with E-state index in [4.69, 9.17) is 46.4 Å². The zero-order valence-electron chi connectivity index (χ0n) is 28.2. The number of nitrogens with zero attached hydrogens (tertiary/aromatic N) is 2. The number of rotatable bonds is 7. The van der Waals surface area contributed by atoms with Gasteiger partial charge in [0.2, 0.25) is 0 Å². The highest BCUT2D eigenvalue weighted by atomic mass is 35.5. The van der Waals surface area contributed by atoms with E-state index in [1.165, 1.54) is 48.5 Å². The Morgan fingerprint density at radius 3 is 1.30 bits per heavy atom. The van der Waals surface area contributed by atoms with Crippen LogP contribution in [0.2, 0.25) is 20.1 Å². The van der Waals surface area contributed by atoms with Gasteiger partial charge in [-0.2, -0.15) is 0 Å². The predicted molar refractivity (Wildman–Crippen MR) is 213 cm³/mol. The van der Waals surface area contributed by atoms with Crippen molar-refractivity contribution < 1.29 is 35.5 Å². The van der Waals surface area contributed by atoms with Gasteiger partial charge >= 0.3 is 5.97 Å². The van der Waals surface area contributed by atoms with Gasteiger partial charge in [-0.05, 0) is 95.1 Å². The lowest BCUT2D eigenvalue weighted by molar-refractivity contribution is -0.143. The van der Waals surface area contributed by atoms with Crippen LogP contribution in [-0.4, -0.2) is 27.9 Å². The van der Waals surface area contributed by atoms with Crippen LogP contribution in [0.25, 0.3) is 22.3 Å². The van der Waals surface area contributed by atoms with Gasteiger partial charge < -0.3 is 5.11 Å². The van der Waals surface area contributed by atoms with Gasteiger partial charge in [0, 0.05) is 11.1 Å². The quantitative estimate of drug-likeness (QED) is 0.171. The number of para-hydroxylation sites is 2. The highest BCUT2D eigenvalue weighted by Gasteiger charge is 2.54. The summed E-state index contributed by atoms with van der Waals surface area (Å²) in [4.78, 5) is 13.4. The minimum Gasteiger partial charge on any atom is -0.481 e. The number of carboxylic acids is 1. The zero-order valence-corrected chi connectivity index (χ0v) is 32.9. The monoisotopic (exact) mass is 870 g/mol. The van der Waals surface area contributed by atoms with Gasteiger partial charge in [0.1, 0.15) is 17.6 Å². The first kappa shape index (κ1) is 38.2. The molecule has 8 rings (SSSR count). The van der Waals surface area contributed by atoms with Crippen LogP contribution in [0, 0.1) is 17.6 Å². The second-order valence-corrected chi connectivity index (χ2v) is 18.3. The van der Waals surface area contributed by atoms with Gasteiger partial charge in [0.25, 0.3) is 20.0 Å². The highest BCUT2D eigenvalue weighted by Crippen LogP contribution is 2.57. The molecule has 16 heteroatoms. The summed E-state index contributed by atoms with van der Waals surface area (Å²) in [5.41, 5.74) is 1.01. The summed E-state index contributed by atoms with van der Waals surface area (Å²) in [6, 6.07) is 22.9. The molecule has 0 saturated carbocycles. The molecule has 0 amide bonds. The Labute approximate surface area is 340 Å². The third-order valence-electron chi connectivity index (χ3n) is 9.89. The molecule has 284 valence electrons. The zero-order chi connectivity index (χ0) is 39.8. The highest BCUT2D eigenvalue weighted by molar-refractivity contribution is 7.93. The van der Waals surface area contributed by atoms with Crippen molar-refractivity contribution in [2.75, 3.05) is 8.61 Å². The van der Waals surface area contributed by atoms with E-state index in [9.17, 15) is 9.90 Å². The van der Waals surface area contributed by atoms with E-state index in [2.05, 4.69) is 0 Å². The average Bonchev–Trinajstić information content (AvgIpc) is 3.16. The molecule has 8 nitrogen and oxygen atoms in total. The maximum absolute atomic E-state index is 15.5. The predicted octanol–water partition coefficient (Wildman–Crippen LogP) is 10.8. The van der Waals surface area contributed by atoms with Gasteiger partial charge in [-0.1, -0.05) is 94.9 Å². The fourth-order valence-electron chi connectivity index (χ4n) is 7.57. The molecule has 2 unspecified atom stereocenters. The summed E-state index contributed by atoms with van der Waals surface area (Å²) in [5, 5.41) is 11.4. The summed E-state index contributed by atoms with van der Waals surface area (Å²) >= 11 is 25.0. The van der Waals surface area contributed by atoms with E-state index in [1.54, 1.807) is 36.4 Å². The number of carboxylic acid groups (broad SMARTS) is 1. The van der Waals surface area contributed by atoms with E-state index in [1.807, 2.05) is 0 Å². The number of fused-ring (bicyclic) bond motifs is 6.